The molecule has 1 amide bonds. The molecule has 1 aliphatic rings. The van der Waals surface area contributed by atoms with E-state index in [9.17, 15) is 4.79 Å². The van der Waals surface area contributed by atoms with E-state index in [1.165, 1.54) is 0 Å². The van der Waals surface area contributed by atoms with Crippen molar-refractivity contribution in [3.8, 4) is 0 Å². The molecule has 5 heteroatoms. The zero-order chi connectivity index (χ0) is 13.0. The quantitative estimate of drug-likeness (QED) is 0.841. The third kappa shape index (κ3) is 3.04. The molecule has 4 nitrogen and oxygen atoms in total. The zero-order valence-corrected chi connectivity index (χ0v) is 11.0. The molecule has 1 fully saturated rings. The van der Waals surface area contributed by atoms with E-state index in [2.05, 4.69) is 4.98 Å². The van der Waals surface area contributed by atoms with E-state index in [1.807, 2.05) is 6.07 Å². The van der Waals surface area contributed by atoms with E-state index in [-0.39, 0.29) is 11.9 Å². The molecule has 1 aliphatic carbocycles. The number of aromatic nitrogens is 1. The first-order valence-electron chi connectivity index (χ1n) is 6.19. The average molecular weight is 263 g/mol. The maximum atomic E-state index is 12.4. The van der Waals surface area contributed by atoms with E-state index in [0.29, 0.717) is 17.2 Å². The van der Waals surface area contributed by atoms with Crippen LogP contribution in [0.25, 0.3) is 0 Å². The van der Waals surface area contributed by atoms with E-state index < -0.39 is 0 Å². The predicted molar refractivity (Wildman–Crippen MR) is 74.3 cm³/mol. The summed E-state index contributed by atoms with van der Waals surface area (Å²) in [6.07, 6.45) is 6.01. The first-order valence-corrected chi connectivity index (χ1v) is 6.59. The Labute approximate surface area is 112 Å². The lowest BCUT2D eigenvalue weighted by Crippen LogP contribution is -2.43. The molecule has 2 N–H and O–H groups in total. The lowest BCUT2D eigenvalue weighted by Gasteiger charge is -2.28. The number of amides is 1. The van der Waals surface area contributed by atoms with Crippen LogP contribution in [0, 0.1) is 0 Å². The van der Waals surface area contributed by atoms with Crippen LogP contribution in [-0.2, 0) is 0 Å². The SMILES string of the molecule is NC(=S)CN(C(=O)c1ccccn1)C1CCCC1. The van der Waals surface area contributed by atoms with Crippen molar-refractivity contribution >= 4 is 23.1 Å². The van der Waals surface area contributed by atoms with Gasteiger partial charge in [-0.15, -0.1) is 0 Å². The predicted octanol–water partition coefficient (Wildman–Crippen LogP) is 1.75. The van der Waals surface area contributed by atoms with Crippen LogP contribution in [0.2, 0.25) is 0 Å². The van der Waals surface area contributed by atoms with Crippen molar-refractivity contribution in [1.29, 1.82) is 0 Å². The molecule has 0 atom stereocenters. The normalized spacial score (nSPS) is 15.6. The fourth-order valence-electron chi connectivity index (χ4n) is 2.39. The molecular formula is C13H17N3OS. The molecule has 0 radical (unpaired) electrons. The number of nitrogens with two attached hydrogens (primary N) is 1. The molecule has 0 bridgehead atoms. The minimum absolute atomic E-state index is 0.0738. The van der Waals surface area contributed by atoms with Crippen LogP contribution in [0.1, 0.15) is 36.2 Å². The van der Waals surface area contributed by atoms with Gasteiger partial charge in [0.25, 0.3) is 5.91 Å². The average Bonchev–Trinajstić information content (AvgIpc) is 2.89. The van der Waals surface area contributed by atoms with Gasteiger partial charge in [0.05, 0.1) is 11.5 Å². The molecule has 1 aromatic heterocycles. The van der Waals surface area contributed by atoms with Crippen LogP contribution >= 0.6 is 12.2 Å². The summed E-state index contributed by atoms with van der Waals surface area (Å²) in [5, 5.41) is 0. The summed E-state index contributed by atoms with van der Waals surface area (Å²) in [5.74, 6) is -0.0738. The highest BCUT2D eigenvalue weighted by atomic mass is 32.1. The number of pyridine rings is 1. The lowest BCUT2D eigenvalue weighted by atomic mass is 10.2. The summed E-state index contributed by atoms with van der Waals surface area (Å²) in [5.41, 5.74) is 6.05. The maximum Gasteiger partial charge on any atom is 0.273 e. The van der Waals surface area contributed by atoms with Crippen LogP contribution in [0.5, 0.6) is 0 Å². The van der Waals surface area contributed by atoms with E-state index >= 15 is 0 Å². The molecule has 1 heterocycles. The van der Waals surface area contributed by atoms with Gasteiger partial charge in [-0.3, -0.25) is 9.78 Å². The van der Waals surface area contributed by atoms with Crippen molar-refractivity contribution in [3.05, 3.63) is 30.1 Å². The monoisotopic (exact) mass is 263 g/mol. The number of carbonyl (C=O) groups excluding carboxylic acids is 1. The number of thiocarbonyl (C=S) groups is 1. The number of rotatable bonds is 4. The fourth-order valence-corrected chi connectivity index (χ4v) is 2.53. The van der Waals surface area contributed by atoms with Gasteiger partial charge in [0.15, 0.2) is 0 Å². The highest BCUT2D eigenvalue weighted by molar-refractivity contribution is 7.80. The number of hydrogen-bond donors (Lipinski definition) is 1. The minimum Gasteiger partial charge on any atom is -0.392 e. The van der Waals surface area contributed by atoms with Gasteiger partial charge < -0.3 is 10.6 Å². The lowest BCUT2D eigenvalue weighted by molar-refractivity contribution is 0.0708. The molecule has 96 valence electrons. The van der Waals surface area contributed by atoms with Crippen LogP contribution < -0.4 is 5.73 Å². The van der Waals surface area contributed by atoms with Crippen LogP contribution in [0.3, 0.4) is 0 Å². The minimum atomic E-state index is -0.0738. The second kappa shape index (κ2) is 5.91. The summed E-state index contributed by atoms with van der Waals surface area (Å²) in [6, 6.07) is 5.59. The summed E-state index contributed by atoms with van der Waals surface area (Å²) >= 11 is 4.94. The standard InChI is InChI=1S/C13H17N3OS/c14-12(18)9-16(10-5-1-2-6-10)13(17)11-7-3-4-8-15-11/h3-4,7-8,10H,1-2,5-6,9H2,(H2,14,18). The molecule has 0 aromatic carbocycles. The second-order valence-electron chi connectivity index (χ2n) is 4.55. The molecule has 1 aromatic rings. The van der Waals surface area contributed by atoms with Crippen molar-refractivity contribution in [2.75, 3.05) is 6.54 Å². The van der Waals surface area contributed by atoms with Gasteiger partial charge in [-0.25, -0.2) is 0 Å². The van der Waals surface area contributed by atoms with Gasteiger partial charge in [0.2, 0.25) is 0 Å². The molecule has 1 saturated carbocycles. The number of nitrogens with zero attached hydrogens (tertiary/aromatic N) is 2. The van der Waals surface area contributed by atoms with Crippen molar-refractivity contribution in [2.24, 2.45) is 5.73 Å². The van der Waals surface area contributed by atoms with Crippen LogP contribution in [-0.4, -0.2) is 33.4 Å². The van der Waals surface area contributed by atoms with Gasteiger partial charge in [0, 0.05) is 12.2 Å². The van der Waals surface area contributed by atoms with E-state index in [0.717, 1.165) is 25.7 Å². The van der Waals surface area contributed by atoms with Crippen molar-refractivity contribution in [2.45, 2.75) is 31.7 Å². The van der Waals surface area contributed by atoms with Gasteiger partial charge in [-0.2, -0.15) is 0 Å². The Morgan fingerprint density at radius 2 is 2.17 bits per heavy atom. The molecular weight excluding hydrogens is 246 g/mol. The van der Waals surface area contributed by atoms with Gasteiger partial charge in [-0.1, -0.05) is 31.1 Å². The number of hydrogen-bond acceptors (Lipinski definition) is 3. The second-order valence-corrected chi connectivity index (χ2v) is 5.08. The van der Waals surface area contributed by atoms with E-state index in [4.69, 9.17) is 18.0 Å². The van der Waals surface area contributed by atoms with Crippen LogP contribution in [0.15, 0.2) is 24.4 Å². The Morgan fingerprint density at radius 3 is 2.72 bits per heavy atom. The Hall–Kier alpha value is -1.49. The molecule has 2 rings (SSSR count). The molecule has 0 saturated heterocycles. The highest BCUT2D eigenvalue weighted by Gasteiger charge is 2.28. The Balaban J connectivity index is 2.17. The Kier molecular flexibility index (Phi) is 4.25. The summed E-state index contributed by atoms with van der Waals surface area (Å²) in [4.78, 5) is 18.6. The number of carbonyl (C=O) groups is 1. The zero-order valence-electron chi connectivity index (χ0n) is 10.2. The molecule has 0 aliphatic heterocycles. The summed E-state index contributed by atoms with van der Waals surface area (Å²) in [7, 11) is 0. The molecule has 0 unspecified atom stereocenters. The Bertz CT molecular complexity index is 429. The maximum absolute atomic E-state index is 12.4. The third-order valence-electron chi connectivity index (χ3n) is 3.24. The van der Waals surface area contributed by atoms with Crippen molar-refractivity contribution in [3.63, 3.8) is 0 Å². The van der Waals surface area contributed by atoms with Crippen molar-refractivity contribution in [1.82, 2.24) is 9.88 Å². The van der Waals surface area contributed by atoms with E-state index in [1.54, 1.807) is 23.2 Å². The third-order valence-corrected chi connectivity index (χ3v) is 3.37. The topological polar surface area (TPSA) is 59.2 Å². The van der Waals surface area contributed by atoms with Gasteiger partial charge in [-0.05, 0) is 25.0 Å². The molecule has 18 heavy (non-hydrogen) atoms. The molecule has 0 spiro atoms. The van der Waals surface area contributed by atoms with Crippen LogP contribution in [0.4, 0.5) is 0 Å². The first kappa shape index (κ1) is 13.0. The van der Waals surface area contributed by atoms with Crippen molar-refractivity contribution < 1.29 is 4.79 Å². The smallest absolute Gasteiger partial charge is 0.273 e. The fraction of sp³-hybridized carbons (Fsp3) is 0.462. The first-order chi connectivity index (χ1) is 8.68. The largest absolute Gasteiger partial charge is 0.392 e. The summed E-state index contributed by atoms with van der Waals surface area (Å²) in [6.45, 7) is 0.343. The Morgan fingerprint density at radius 1 is 1.44 bits per heavy atom. The highest BCUT2D eigenvalue weighted by Crippen LogP contribution is 2.24. The van der Waals surface area contributed by atoms with Gasteiger partial charge >= 0.3 is 0 Å². The van der Waals surface area contributed by atoms with Gasteiger partial charge in [0.1, 0.15) is 5.69 Å². The summed E-state index contributed by atoms with van der Waals surface area (Å²) < 4.78 is 0.